The Morgan fingerprint density at radius 2 is 1.93 bits per heavy atom. The third kappa shape index (κ3) is 4.66. The second-order valence-corrected chi connectivity index (χ2v) is 7.57. The smallest absolute Gasteiger partial charge is 0.167 e. The first-order valence-corrected chi connectivity index (χ1v) is 10.1. The van der Waals surface area contributed by atoms with E-state index in [2.05, 4.69) is 15.4 Å². The predicted molar refractivity (Wildman–Crippen MR) is 111 cm³/mol. The first-order valence-electron chi connectivity index (χ1n) is 10.1. The van der Waals surface area contributed by atoms with E-state index in [1.54, 1.807) is 6.07 Å². The number of piperidine rings is 1. The molecular weight excluding hydrogens is 369 g/mol. The second kappa shape index (κ2) is 8.76. The van der Waals surface area contributed by atoms with Crippen molar-refractivity contribution < 1.29 is 14.0 Å². The minimum Gasteiger partial charge on any atom is -0.393 e. The molecule has 5 nitrogen and oxygen atoms in total. The van der Waals surface area contributed by atoms with Crippen molar-refractivity contribution in [3.05, 3.63) is 71.7 Å². The Bertz CT molecular complexity index is 936. The summed E-state index contributed by atoms with van der Waals surface area (Å²) in [4.78, 5) is 2.23. The molecule has 2 aromatic carbocycles. The van der Waals surface area contributed by atoms with E-state index in [0.717, 1.165) is 54.2 Å². The summed E-state index contributed by atoms with van der Waals surface area (Å²) in [5.41, 5.74) is 3.71. The van der Waals surface area contributed by atoms with Crippen LogP contribution in [0.4, 0.5) is 10.1 Å². The summed E-state index contributed by atoms with van der Waals surface area (Å²) in [6, 6.07) is 16.6. The van der Waals surface area contributed by atoms with Crippen molar-refractivity contribution in [2.45, 2.75) is 38.5 Å². The number of aromatic nitrogens is 1. The van der Waals surface area contributed by atoms with Crippen LogP contribution < -0.4 is 10.2 Å². The molecule has 1 unspecified atom stereocenters. The molecule has 0 saturated carbocycles. The average molecular weight is 395 g/mol. The number of nitrogens with zero attached hydrogens (tertiary/aromatic N) is 2. The van der Waals surface area contributed by atoms with E-state index in [0.29, 0.717) is 6.54 Å². The fourth-order valence-corrected chi connectivity index (χ4v) is 3.77. The number of rotatable bonds is 6. The maximum absolute atomic E-state index is 14.0. The van der Waals surface area contributed by atoms with Crippen molar-refractivity contribution in [3.63, 3.8) is 0 Å². The largest absolute Gasteiger partial charge is 0.393 e. The summed E-state index contributed by atoms with van der Waals surface area (Å²) in [5.74, 6) is 0.482. The van der Waals surface area contributed by atoms with Crippen LogP contribution in [-0.2, 0) is 6.54 Å². The van der Waals surface area contributed by atoms with Gasteiger partial charge in [-0.25, -0.2) is 4.39 Å². The molecule has 3 aromatic rings. The quantitative estimate of drug-likeness (QED) is 0.652. The lowest BCUT2D eigenvalue weighted by Crippen LogP contribution is -2.37. The van der Waals surface area contributed by atoms with Crippen molar-refractivity contribution >= 4 is 5.69 Å². The molecule has 2 heterocycles. The molecule has 0 amide bonds. The molecule has 0 radical (unpaired) electrons. The van der Waals surface area contributed by atoms with E-state index in [4.69, 9.17) is 4.52 Å². The van der Waals surface area contributed by atoms with E-state index in [9.17, 15) is 9.50 Å². The van der Waals surface area contributed by atoms with Gasteiger partial charge in [-0.15, -0.1) is 0 Å². The predicted octanol–water partition coefficient (Wildman–Crippen LogP) is 4.29. The van der Waals surface area contributed by atoms with Gasteiger partial charge in [0.05, 0.1) is 11.8 Å². The maximum Gasteiger partial charge on any atom is 0.167 e. The highest BCUT2D eigenvalue weighted by Crippen LogP contribution is 2.30. The number of halogens is 1. The highest BCUT2D eigenvalue weighted by Gasteiger charge is 2.22. The number of aliphatic hydroxyl groups is 1. The Morgan fingerprint density at radius 1 is 1.17 bits per heavy atom. The first kappa shape index (κ1) is 19.6. The van der Waals surface area contributed by atoms with Crippen LogP contribution in [-0.4, -0.2) is 29.5 Å². The van der Waals surface area contributed by atoms with Gasteiger partial charge in [-0.3, -0.25) is 0 Å². The zero-order chi connectivity index (χ0) is 20.2. The van der Waals surface area contributed by atoms with Gasteiger partial charge in [0, 0.05) is 43.0 Å². The second-order valence-electron chi connectivity index (χ2n) is 7.57. The van der Waals surface area contributed by atoms with Crippen molar-refractivity contribution in [1.29, 1.82) is 0 Å². The van der Waals surface area contributed by atoms with Gasteiger partial charge in [0.25, 0.3) is 0 Å². The van der Waals surface area contributed by atoms with Crippen molar-refractivity contribution in [2.24, 2.45) is 0 Å². The SMILES string of the molecule is CC(NCc1cc(-c2ccccc2)on1)c1cc(F)ccc1N1CCC(O)CC1. The Balaban J connectivity index is 1.45. The lowest BCUT2D eigenvalue weighted by atomic mass is 10.0. The Labute approximate surface area is 170 Å². The van der Waals surface area contributed by atoms with Crippen LogP contribution in [0.2, 0.25) is 0 Å². The molecule has 0 aliphatic carbocycles. The summed E-state index contributed by atoms with van der Waals surface area (Å²) in [6.07, 6.45) is 1.23. The van der Waals surface area contributed by atoms with Crippen LogP contribution in [0, 0.1) is 5.82 Å². The zero-order valence-corrected chi connectivity index (χ0v) is 16.5. The highest BCUT2D eigenvalue weighted by atomic mass is 19.1. The van der Waals surface area contributed by atoms with E-state index in [1.165, 1.54) is 6.07 Å². The van der Waals surface area contributed by atoms with Gasteiger partial charge in [-0.1, -0.05) is 35.5 Å². The highest BCUT2D eigenvalue weighted by molar-refractivity contribution is 5.57. The van der Waals surface area contributed by atoms with Crippen LogP contribution in [0.15, 0.2) is 59.1 Å². The number of hydrogen-bond donors (Lipinski definition) is 2. The van der Waals surface area contributed by atoms with E-state index < -0.39 is 0 Å². The van der Waals surface area contributed by atoms with Crippen LogP contribution >= 0.6 is 0 Å². The summed E-state index contributed by atoms with van der Waals surface area (Å²) in [6.45, 7) is 4.09. The molecule has 0 bridgehead atoms. The molecule has 6 heteroatoms. The van der Waals surface area contributed by atoms with Crippen molar-refractivity contribution in [3.8, 4) is 11.3 Å². The molecule has 1 atom stereocenters. The molecule has 0 spiro atoms. The van der Waals surface area contributed by atoms with Gasteiger partial charge < -0.3 is 19.8 Å². The lowest BCUT2D eigenvalue weighted by molar-refractivity contribution is 0.145. The summed E-state index contributed by atoms with van der Waals surface area (Å²) in [7, 11) is 0. The van der Waals surface area contributed by atoms with Gasteiger partial charge in [-0.05, 0) is 43.5 Å². The topological polar surface area (TPSA) is 61.5 Å². The van der Waals surface area contributed by atoms with E-state index >= 15 is 0 Å². The summed E-state index contributed by atoms with van der Waals surface area (Å²) >= 11 is 0. The Kier molecular flexibility index (Phi) is 5.92. The van der Waals surface area contributed by atoms with Gasteiger partial charge >= 0.3 is 0 Å². The standard InChI is InChI=1S/C23H26FN3O2/c1-16(25-15-19-14-23(29-26-19)17-5-3-2-4-6-17)21-13-18(24)7-8-22(21)27-11-9-20(28)10-12-27/h2-8,13-14,16,20,25,28H,9-12,15H2,1H3. The third-order valence-electron chi connectivity index (χ3n) is 5.47. The number of anilines is 1. The minimum atomic E-state index is -0.248. The normalized spacial score (nSPS) is 16.2. The monoisotopic (exact) mass is 395 g/mol. The molecule has 152 valence electrons. The van der Waals surface area contributed by atoms with Crippen LogP contribution in [0.5, 0.6) is 0 Å². The molecular formula is C23H26FN3O2. The fraction of sp³-hybridized carbons (Fsp3) is 0.348. The Morgan fingerprint density at radius 3 is 2.69 bits per heavy atom. The van der Waals surface area contributed by atoms with Crippen LogP contribution in [0.3, 0.4) is 0 Å². The minimum absolute atomic E-state index is 0.0653. The van der Waals surface area contributed by atoms with Gasteiger partial charge in [0.15, 0.2) is 5.76 Å². The zero-order valence-electron chi connectivity index (χ0n) is 16.5. The van der Waals surface area contributed by atoms with Crippen LogP contribution in [0.25, 0.3) is 11.3 Å². The van der Waals surface area contributed by atoms with Gasteiger partial charge in [-0.2, -0.15) is 0 Å². The van der Waals surface area contributed by atoms with Gasteiger partial charge in [0.1, 0.15) is 5.82 Å². The molecule has 29 heavy (non-hydrogen) atoms. The fourth-order valence-electron chi connectivity index (χ4n) is 3.77. The van der Waals surface area contributed by atoms with E-state index in [-0.39, 0.29) is 18.0 Å². The summed E-state index contributed by atoms with van der Waals surface area (Å²) < 4.78 is 19.4. The molecule has 2 N–H and O–H groups in total. The van der Waals surface area contributed by atoms with Crippen molar-refractivity contribution in [1.82, 2.24) is 10.5 Å². The maximum atomic E-state index is 14.0. The molecule has 1 saturated heterocycles. The summed E-state index contributed by atoms with van der Waals surface area (Å²) in [5, 5.41) is 17.4. The van der Waals surface area contributed by atoms with Crippen LogP contribution in [0.1, 0.15) is 37.1 Å². The molecule has 1 aliphatic rings. The number of benzene rings is 2. The number of aliphatic hydroxyl groups excluding tert-OH is 1. The molecule has 1 aromatic heterocycles. The number of nitrogens with one attached hydrogen (secondary N) is 1. The first-order chi connectivity index (χ1) is 14.1. The number of hydrogen-bond acceptors (Lipinski definition) is 5. The van der Waals surface area contributed by atoms with E-state index in [1.807, 2.05) is 49.4 Å². The lowest BCUT2D eigenvalue weighted by Gasteiger charge is -2.34. The van der Waals surface area contributed by atoms with Crippen molar-refractivity contribution in [2.75, 3.05) is 18.0 Å². The van der Waals surface area contributed by atoms with Gasteiger partial charge in [0.2, 0.25) is 0 Å². The molecule has 1 aliphatic heterocycles. The molecule has 1 fully saturated rings. The molecule has 4 rings (SSSR count). The third-order valence-corrected chi connectivity index (χ3v) is 5.47. The average Bonchev–Trinajstić information content (AvgIpc) is 3.22. The Hall–Kier alpha value is -2.70.